The van der Waals surface area contributed by atoms with Crippen molar-refractivity contribution < 1.29 is 101 Å². The van der Waals surface area contributed by atoms with Gasteiger partial charge in [-0.1, -0.05) is 51.9 Å². The zero-order valence-electron chi connectivity index (χ0n) is 24.5. The highest BCUT2D eigenvalue weighted by atomic mass is 31.2. The molecule has 1 fully saturated rings. The Morgan fingerprint density at radius 3 is 1.68 bits per heavy atom. The van der Waals surface area contributed by atoms with Gasteiger partial charge in [0.1, 0.15) is 24.4 Å². The van der Waals surface area contributed by atoms with E-state index in [0.29, 0.717) is 12.8 Å². The van der Waals surface area contributed by atoms with E-state index in [1.807, 2.05) is 6.92 Å². The predicted molar refractivity (Wildman–Crippen MR) is 132 cm³/mol. The monoisotopic (exact) mass is 746 g/mol. The van der Waals surface area contributed by atoms with Gasteiger partial charge in [0.15, 0.2) is 6.29 Å². The number of rotatable bonds is 20. The van der Waals surface area contributed by atoms with Gasteiger partial charge in [-0.2, -0.15) is 57.1 Å². The van der Waals surface area contributed by atoms with E-state index in [4.69, 9.17) is 0 Å². The zero-order chi connectivity index (χ0) is 36.9. The van der Waals surface area contributed by atoms with Crippen molar-refractivity contribution in [2.45, 2.75) is 144 Å². The molecule has 0 aromatic rings. The van der Waals surface area contributed by atoms with Crippen molar-refractivity contribution >= 4 is 7.82 Å². The minimum atomic E-state index is -8.07. The van der Waals surface area contributed by atoms with E-state index >= 15 is 0 Å². The normalized spacial score (nSPS) is 25.9. The lowest BCUT2D eigenvalue weighted by Gasteiger charge is -2.40. The molecule has 0 aromatic carbocycles. The first-order valence-electron chi connectivity index (χ1n) is 14.1. The average molecular weight is 746 g/mol. The van der Waals surface area contributed by atoms with Gasteiger partial charge >= 0.3 is 43.6 Å². The van der Waals surface area contributed by atoms with Crippen LogP contribution in [-0.4, -0.2) is 105 Å². The number of halogens is 13. The lowest BCUT2D eigenvalue weighted by atomic mass is 9.91. The molecular weight excluding hydrogens is 710 g/mol. The van der Waals surface area contributed by atoms with Crippen LogP contribution in [0.5, 0.6) is 0 Å². The molecule has 0 spiro atoms. The summed E-state index contributed by atoms with van der Waals surface area (Å²) in [5.74, 6) is -37.9. The summed E-state index contributed by atoms with van der Waals surface area (Å²) in [6.07, 6.45) is -20.8. The minimum Gasteiger partial charge on any atom is -0.387 e. The van der Waals surface area contributed by atoms with Crippen LogP contribution >= 0.6 is 7.82 Å². The highest BCUT2D eigenvalue weighted by Gasteiger charge is 2.90. The highest BCUT2D eigenvalue weighted by molar-refractivity contribution is 7.47. The van der Waals surface area contributed by atoms with E-state index in [-0.39, 0.29) is 12.8 Å². The molecule has 0 amide bonds. The Balaban J connectivity index is 3.14. The van der Waals surface area contributed by atoms with Crippen LogP contribution in [0, 0.1) is 0 Å². The standard InChI is InChI=1S/C24H36F13O9P/c1-2-3-4-5-6-7-8-9-13(46-47(42,43)44-12-14-15(38)16(39)17(40)18(41)45-14)10-11-19(25,26)20(27,28)21(29,30)22(31,32)23(33,34)24(35,36)37/h13-18,38-41H,2-12H2,1H3,(H,42,43)/t13?,14-,15-,16+,17+,18+/m1/s1. The van der Waals surface area contributed by atoms with Crippen molar-refractivity contribution in [2.24, 2.45) is 0 Å². The van der Waals surface area contributed by atoms with Crippen LogP contribution in [0.4, 0.5) is 57.1 Å². The van der Waals surface area contributed by atoms with Gasteiger partial charge in [-0.25, -0.2) is 4.57 Å². The summed E-state index contributed by atoms with van der Waals surface area (Å²) in [6, 6.07) is 0. The van der Waals surface area contributed by atoms with Gasteiger partial charge in [-0.3, -0.25) is 9.05 Å². The molecule has 0 bridgehead atoms. The third-order valence-corrected chi connectivity index (χ3v) is 8.32. The van der Waals surface area contributed by atoms with Gasteiger partial charge in [-0.15, -0.1) is 0 Å². The van der Waals surface area contributed by atoms with E-state index in [1.165, 1.54) is 0 Å². The molecule has 7 atom stereocenters. The molecule has 0 saturated carbocycles. The number of unbranched alkanes of at least 4 members (excludes halogenated alkanes) is 6. The van der Waals surface area contributed by atoms with Gasteiger partial charge in [0.2, 0.25) is 0 Å². The molecule has 2 unspecified atom stereocenters. The summed E-state index contributed by atoms with van der Waals surface area (Å²) < 4.78 is 201. The summed E-state index contributed by atoms with van der Waals surface area (Å²) in [7, 11) is -5.53. The number of aliphatic hydroxyl groups excluding tert-OH is 4. The Kier molecular flexibility index (Phi) is 15.3. The Hall–Kier alpha value is -1.00. The Labute approximate surface area is 259 Å². The van der Waals surface area contributed by atoms with Crippen molar-refractivity contribution in [3.05, 3.63) is 0 Å². The fourth-order valence-corrected chi connectivity index (χ4v) is 5.32. The molecule has 1 aliphatic rings. The van der Waals surface area contributed by atoms with Gasteiger partial charge in [0.25, 0.3) is 0 Å². The summed E-state index contributed by atoms with van der Waals surface area (Å²) in [6.45, 7) is 0.687. The number of alkyl halides is 13. The molecule has 1 aliphatic heterocycles. The molecule has 23 heteroatoms. The quantitative estimate of drug-likeness (QED) is 0.0580. The molecule has 47 heavy (non-hydrogen) atoms. The second-order valence-corrected chi connectivity index (χ2v) is 12.4. The first kappa shape index (κ1) is 44.0. The largest absolute Gasteiger partial charge is 0.472 e. The number of hydrogen-bond donors (Lipinski definition) is 5. The lowest BCUT2D eigenvalue weighted by molar-refractivity contribution is -0.440. The second-order valence-electron chi connectivity index (χ2n) is 11.0. The molecule has 0 aromatic heterocycles. The Morgan fingerprint density at radius 2 is 1.17 bits per heavy atom. The Bertz CT molecular complexity index is 1020. The van der Waals surface area contributed by atoms with Crippen LogP contribution in [0.25, 0.3) is 0 Å². The molecule has 1 saturated heterocycles. The summed E-state index contributed by atoms with van der Waals surface area (Å²) >= 11 is 0. The number of ether oxygens (including phenoxy) is 1. The molecule has 5 N–H and O–H groups in total. The van der Waals surface area contributed by atoms with E-state index in [9.17, 15) is 87.0 Å². The fourth-order valence-electron chi connectivity index (χ4n) is 4.34. The summed E-state index contributed by atoms with van der Waals surface area (Å²) in [5, 5.41) is 38.5. The van der Waals surface area contributed by atoms with E-state index in [0.717, 1.165) is 19.3 Å². The maximum atomic E-state index is 14.4. The molecular formula is C24H36F13O9P. The number of phosphoric acid groups is 1. The van der Waals surface area contributed by atoms with Crippen LogP contribution in [0.1, 0.15) is 71.1 Å². The third-order valence-electron chi connectivity index (χ3n) is 7.28. The van der Waals surface area contributed by atoms with Crippen molar-refractivity contribution in [1.29, 1.82) is 0 Å². The Morgan fingerprint density at radius 1 is 0.681 bits per heavy atom. The van der Waals surface area contributed by atoms with Crippen LogP contribution < -0.4 is 0 Å². The molecule has 0 radical (unpaired) electrons. The SMILES string of the molecule is CCCCCCCCCC(CCC(F)(F)C(F)(F)C(F)(F)C(F)(F)C(F)(F)C(F)(F)F)OP(=O)(O)OC[C@H]1O[C@H](O)[C@@H](O)[C@@H](O)[C@@H]1O. The summed E-state index contributed by atoms with van der Waals surface area (Å²) in [5.41, 5.74) is 0. The number of aliphatic hydroxyl groups is 4. The van der Waals surface area contributed by atoms with Gasteiger partial charge in [-0.05, 0) is 12.8 Å². The maximum absolute atomic E-state index is 14.4. The minimum absolute atomic E-state index is 0.0640. The van der Waals surface area contributed by atoms with Gasteiger partial charge < -0.3 is 30.1 Å². The van der Waals surface area contributed by atoms with Crippen LogP contribution in [-0.2, 0) is 18.3 Å². The molecule has 1 heterocycles. The van der Waals surface area contributed by atoms with Crippen molar-refractivity contribution in [3.63, 3.8) is 0 Å². The zero-order valence-corrected chi connectivity index (χ0v) is 25.4. The second kappa shape index (κ2) is 16.3. The average Bonchev–Trinajstić information content (AvgIpc) is 2.94. The smallest absolute Gasteiger partial charge is 0.387 e. The maximum Gasteiger partial charge on any atom is 0.472 e. The topological polar surface area (TPSA) is 146 Å². The molecule has 0 aliphatic carbocycles. The third kappa shape index (κ3) is 10.3. The first-order chi connectivity index (χ1) is 21.1. The van der Waals surface area contributed by atoms with Crippen molar-refractivity contribution in [2.75, 3.05) is 6.61 Å². The van der Waals surface area contributed by atoms with Crippen LogP contribution in [0.3, 0.4) is 0 Å². The number of phosphoric ester groups is 1. The predicted octanol–water partition coefficient (Wildman–Crippen LogP) is 5.95. The fraction of sp³-hybridized carbons (Fsp3) is 1.00. The van der Waals surface area contributed by atoms with Gasteiger partial charge in [0, 0.05) is 6.42 Å². The molecule has 9 nitrogen and oxygen atoms in total. The highest BCUT2D eigenvalue weighted by Crippen LogP contribution is 2.61. The lowest BCUT2D eigenvalue weighted by Crippen LogP contribution is -2.70. The van der Waals surface area contributed by atoms with Gasteiger partial charge in [0.05, 0.1) is 12.7 Å². The van der Waals surface area contributed by atoms with Crippen molar-refractivity contribution in [3.8, 4) is 0 Å². The molecule has 1 rings (SSSR count). The molecule has 282 valence electrons. The van der Waals surface area contributed by atoms with E-state index < -0.39 is 106 Å². The van der Waals surface area contributed by atoms with Crippen LogP contribution in [0.2, 0.25) is 0 Å². The van der Waals surface area contributed by atoms with Crippen molar-refractivity contribution in [1.82, 2.24) is 0 Å². The summed E-state index contributed by atoms with van der Waals surface area (Å²) in [4.78, 5) is 10.0. The number of hydrogen-bond acceptors (Lipinski definition) is 8. The van der Waals surface area contributed by atoms with E-state index in [1.54, 1.807) is 0 Å². The first-order valence-corrected chi connectivity index (χ1v) is 15.6. The van der Waals surface area contributed by atoms with E-state index in [2.05, 4.69) is 13.8 Å². The van der Waals surface area contributed by atoms with Crippen LogP contribution in [0.15, 0.2) is 0 Å².